The molecule has 0 spiro atoms. The van der Waals surface area contributed by atoms with E-state index in [1.807, 2.05) is 0 Å². The lowest BCUT2D eigenvalue weighted by atomic mass is 10.2. The zero-order valence-corrected chi connectivity index (χ0v) is 10.1. The first-order valence-corrected chi connectivity index (χ1v) is 5.51. The fourth-order valence-corrected chi connectivity index (χ4v) is 1.67. The summed E-state index contributed by atoms with van der Waals surface area (Å²) in [6.45, 7) is 1.80. The Hall–Kier alpha value is -2.02. The maximum absolute atomic E-state index is 12.0. The molecule has 0 bridgehead atoms. The van der Waals surface area contributed by atoms with Gasteiger partial charge in [-0.05, 0) is 31.2 Å². The van der Waals surface area contributed by atoms with Gasteiger partial charge in [-0.15, -0.1) is 13.2 Å². The first kappa shape index (κ1) is 13.4. The van der Waals surface area contributed by atoms with Crippen LogP contribution in [0, 0.1) is 0 Å². The van der Waals surface area contributed by atoms with Crippen molar-refractivity contribution in [3.05, 3.63) is 42.5 Å². The fraction of sp³-hybridized carbons (Fsp3) is 0.250. The topological polar surface area (TPSA) is 53.1 Å². The number of hydrogen-bond donors (Lipinski definition) is 1. The van der Waals surface area contributed by atoms with Gasteiger partial charge in [-0.3, -0.25) is 0 Å². The molecular weight excluding hydrogens is 259 g/mol. The van der Waals surface area contributed by atoms with Gasteiger partial charge in [-0.25, -0.2) is 4.98 Å². The number of benzene rings is 1. The van der Waals surface area contributed by atoms with Crippen LogP contribution < -0.4 is 10.5 Å². The summed E-state index contributed by atoms with van der Waals surface area (Å²) in [6, 6.07) is 5.28. The molecule has 0 unspecified atom stereocenters. The van der Waals surface area contributed by atoms with Gasteiger partial charge in [0.25, 0.3) is 0 Å². The number of halogens is 3. The van der Waals surface area contributed by atoms with Crippen molar-refractivity contribution in [2.24, 2.45) is 5.73 Å². The van der Waals surface area contributed by atoms with Gasteiger partial charge < -0.3 is 15.0 Å². The molecule has 0 fully saturated rings. The van der Waals surface area contributed by atoms with Crippen LogP contribution in [0.5, 0.6) is 5.75 Å². The summed E-state index contributed by atoms with van der Waals surface area (Å²) in [7, 11) is 0. The van der Waals surface area contributed by atoms with Crippen LogP contribution in [-0.4, -0.2) is 15.9 Å². The minimum absolute atomic E-state index is 0.228. The Morgan fingerprint density at radius 1 is 1.26 bits per heavy atom. The predicted octanol–water partition coefficient (Wildman–Crippen LogP) is 2.79. The van der Waals surface area contributed by atoms with Crippen molar-refractivity contribution < 1.29 is 17.9 Å². The molecule has 2 rings (SSSR count). The molecule has 2 N–H and O–H groups in total. The molecule has 0 amide bonds. The van der Waals surface area contributed by atoms with Crippen molar-refractivity contribution in [1.29, 1.82) is 0 Å². The molecule has 0 aliphatic carbocycles. The highest BCUT2D eigenvalue weighted by molar-refractivity contribution is 5.39. The van der Waals surface area contributed by atoms with Crippen molar-refractivity contribution in [3.63, 3.8) is 0 Å². The Morgan fingerprint density at radius 2 is 1.89 bits per heavy atom. The van der Waals surface area contributed by atoms with E-state index in [1.165, 1.54) is 24.3 Å². The smallest absolute Gasteiger partial charge is 0.406 e. The molecule has 102 valence electrons. The zero-order chi connectivity index (χ0) is 14.0. The van der Waals surface area contributed by atoms with Crippen LogP contribution in [0.2, 0.25) is 0 Å². The molecule has 7 heteroatoms. The average molecular weight is 271 g/mol. The zero-order valence-electron chi connectivity index (χ0n) is 10.1. The highest BCUT2D eigenvalue weighted by Crippen LogP contribution is 2.24. The second-order valence-electron chi connectivity index (χ2n) is 4.02. The molecule has 0 aliphatic heterocycles. The maximum atomic E-state index is 12.0. The van der Waals surface area contributed by atoms with Crippen molar-refractivity contribution in [1.82, 2.24) is 9.55 Å². The predicted molar refractivity (Wildman–Crippen MR) is 62.8 cm³/mol. The summed E-state index contributed by atoms with van der Waals surface area (Å²) in [4.78, 5) is 3.97. The lowest BCUT2D eigenvalue weighted by molar-refractivity contribution is -0.274. The lowest BCUT2D eigenvalue weighted by Gasteiger charge is -2.12. The molecule has 1 heterocycles. The van der Waals surface area contributed by atoms with E-state index in [2.05, 4.69) is 9.72 Å². The van der Waals surface area contributed by atoms with Crippen LogP contribution in [0.15, 0.2) is 36.8 Å². The van der Waals surface area contributed by atoms with Gasteiger partial charge in [0.1, 0.15) is 5.75 Å². The van der Waals surface area contributed by atoms with E-state index in [1.54, 1.807) is 24.0 Å². The largest absolute Gasteiger partial charge is 0.573 e. The normalized spacial score (nSPS) is 13.3. The van der Waals surface area contributed by atoms with Crippen molar-refractivity contribution in [2.45, 2.75) is 19.3 Å². The van der Waals surface area contributed by atoms with Crippen LogP contribution >= 0.6 is 0 Å². The molecule has 1 aromatic carbocycles. The summed E-state index contributed by atoms with van der Waals surface area (Å²) in [5, 5.41) is 0. The number of nitrogens with zero attached hydrogens (tertiary/aromatic N) is 2. The van der Waals surface area contributed by atoms with E-state index in [0.29, 0.717) is 5.69 Å². The second-order valence-corrected chi connectivity index (χ2v) is 4.02. The standard InChI is InChI=1S/C12H12F3N3O/c1-8(16)11-6-17-7-18(11)9-2-4-10(5-3-9)19-12(13,14)15/h2-8H,16H2,1H3/t8-/m1/s1. The van der Waals surface area contributed by atoms with Gasteiger partial charge in [0.15, 0.2) is 0 Å². The van der Waals surface area contributed by atoms with Crippen LogP contribution in [0.1, 0.15) is 18.7 Å². The third-order valence-electron chi connectivity index (χ3n) is 2.48. The van der Waals surface area contributed by atoms with Crippen LogP contribution in [0.3, 0.4) is 0 Å². The summed E-state index contributed by atoms with van der Waals surface area (Å²) < 4.78 is 41.6. The summed E-state index contributed by atoms with van der Waals surface area (Å²) in [6.07, 6.45) is -1.52. The first-order chi connectivity index (χ1) is 8.87. The Labute approximate surface area is 107 Å². The molecule has 4 nitrogen and oxygen atoms in total. The average Bonchev–Trinajstić information content (AvgIpc) is 2.76. The van der Waals surface area contributed by atoms with E-state index in [9.17, 15) is 13.2 Å². The van der Waals surface area contributed by atoms with Crippen molar-refractivity contribution >= 4 is 0 Å². The quantitative estimate of drug-likeness (QED) is 0.933. The molecule has 0 radical (unpaired) electrons. The number of rotatable bonds is 3. The molecule has 2 aromatic rings. The fourth-order valence-electron chi connectivity index (χ4n) is 1.67. The summed E-state index contributed by atoms with van der Waals surface area (Å²) in [5.74, 6) is -0.265. The molecule has 1 atom stereocenters. The molecule has 0 saturated carbocycles. The highest BCUT2D eigenvalue weighted by atomic mass is 19.4. The lowest BCUT2D eigenvalue weighted by Crippen LogP contribution is -2.17. The molecule has 0 saturated heterocycles. The van der Waals surface area contributed by atoms with Gasteiger partial charge in [0, 0.05) is 11.7 Å². The second kappa shape index (κ2) is 4.93. The van der Waals surface area contributed by atoms with Crippen LogP contribution in [0.4, 0.5) is 13.2 Å². The van der Waals surface area contributed by atoms with Gasteiger partial charge in [-0.2, -0.15) is 0 Å². The van der Waals surface area contributed by atoms with E-state index >= 15 is 0 Å². The van der Waals surface area contributed by atoms with E-state index < -0.39 is 6.36 Å². The third-order valence-corrected chi connectivity index (χ3v) is 2.48. The highest BCUT2D eigenvalue weighted by Gasteiger charge is 2.30. The van der Waals surface area contributed by atoms with Crippen molar-refractivity contribution in [2.75, 3.05) is 0 Å². The SMILES string of the molecule is C[C@@H](N)c1cncn1-c1ccc(OC(F)(F)F)cc1. The molecule has 19 heavy (non-hydrogen) atoms. The molecule has 1 aromatic heterocycles. The number of hydrogen-bond acceptors (Lipinski definition) is 3. The van der Waals surface area contributed by atoms with Crippen molar-refractivity contribution in [3.8, 4) is 11.4 Å². The maximum Gasteiger partial charge on any atom is 0.573 e. The number of imidazole rings is 1. The van der Waals surface area contributed by atoms with E-state index in [-0.39, 0.29) is 11.8 Å². The van der Waals surface area contributed by atoms with Gasteiger partial charge in [0.05, 0.1) is 18.2 Å². The van der Waals surface area contributed by atoms with E-state index in [4.69, 9.17) is 5.73 Å². The first-order valence-electron chi connectivity index (χ1n) is 5.51. The number of alkyl halides is 3. The van der Waals surface area contributed by atoms with Gasteiger partial charge in [0.2, 0.25) is 0 Å². The minimum atomic E-state index is -4.69. The number of ether oxygens (including phenoxy) is 1. The Balaban J connectivity index is 2.25. The Kier molecular flexibility index (Phi) is 3.48. The monoisotopic (exact) mass is 271 g/mol. The summed E-state index contributed by atoms with van der Waals surface area (Å²) >= 11 is 0. The molecule has 0 aliphatic rings. The number of aromatic nitrogens is 2. The summed E-state index contributed by atoms with van der Waals surface area (Å²) in [5.41, 5.74) is 7.21. The minimum Gasteiger partial charge on any atom is -0.406 e. The third kappa shape index (κ3) is 3.25. The number of nitrogens with two attached hydrogens (primary N) is 1. The van der Waals surface area contributed by atoms with Gasteiger partial charge >= 0.3 is 6.36 Å². The Bertz CT molecular complexity index is 546. The Morgan fingerprint density at radius 3 is 2.42 bits per heavy atom. The van der Waals surface area contributed by atoms with Gasteiger partial charge in [-0.1, -0.05) is 0 Å². The van der Waals surface area contributed by atoms with E-state index in [0.717, 1.165) is 5.69 Å². The van der Waals surface area contributed by atoms with Crippen LogP contribution in [-0.2, 0) is 0 Å². The molecular formula is C12H12F3N3O. The van der Waals surface area contributed by atoms with Crippen LogP contribution in [0.25, 0.3) is 5.69 Å².